The molecule has 1 amide bonds. The third kappa shape index (κ3) is 7.35. The van der Waals surface area contributed by atoms with Crippen LogP contribution in [-0.2, 0) is 14.3 Å². The van der Waals surface area contributed by atoms with Crippen LogP contribution in [0.1, 0.15) is 19.0 Å². The molecule has 0 aliphatic carbocycles. The summed E-state index contributed by atoms with van der Waals surface area (Å²) in [6.07, 6.45) is 0.786. The fourth-order valence-electron chi connectivity index (χ4n) is 3.88. The smallest absolute Gasteiger partial charge is 0.316 e. The molecule has 1 fully saturated rings. The standard InChI is InChI=1S/C27H36FN7O4/c1-27(25(36)29-12-13-34(2)3)16-38-24(39-17-27)23-32-21(18-6-8-19(28)9-7-18)22(33-23)20-10-11-30-26(31-20)37-15-14-35(4)5/h6-11,24H,12-17H2,1-5H3,(H,29,36)(H,32,33). The van der Waals surface area contributed by atoms with E-state index in [-0.39, 0.29) is 30.9 Å². The zero-order valence-electron chi connectivity index (χ0n) is 23.0. The number of likely N-dealkylation sites (N-methyl/N-ethyl adjacent to an activating group) is 2. The Bertz CT molecular complexity index is 1240. The molecule has 1 aliphatic rings. The average molecular weight is 542 g/mol. The van der Waals surface area contributed by atoms with Crippen LogP contribution in [0.3, 0.4) is 0 Å². The van der Waals surface area contributed by atoms with Gasteiger partial charge in [0.15, 0.2) is 5.82 Å². The summed E-state index contributed by atoms with van der Waals surface area (Å²) in [6.45, 7) is 4.54. The van der Waals surface area contributed by atoms with Crippen LogP contribution < -0.4 is 10.1 Å². The summed E-state index contributed by atoms with van der Waals surface area (Å²) in [5.41, 5.74) is 1.53. The zero-order valence-corrected chi connectivity index (χ0v) is 23.0. The van der Waals surface area contributed by atoms with Crippen molar-refractivity contribution in [2.75, 3.05) is 67.6 Å². The van der Waals surface area contributed by atoms with Crippen LogP contribution in [0.25, 0.3) is 22.6 Å². The van der Waals surface area contributed by atoms with E-state index >= 15 is 0 Å². The van der Waals surface area contributed by atoms with Crippen molar-refractivity contribution >= 4 is 5.91 Å². The normalized spacial score (nSPS) is 19.4. The first-order valence-electron chi connectivity index (χ1n) is 12.8. The molecule has 0 spiro atoms. The van der Waals surface area contributed by atoms with E-state index in [2.05, 4.69) is 20.3 Å². The van der Waals surface area contributed by atoms with E-state index in [9.17, 15) is 9.18 Å². The van der Waals surface area contributed by atoms with Gasteiger partial charge in [-0.15, -0.1) is 0 Å². The van der Waals surface area contributed by atoms with E-state index in [1.807, 2.05) is 44.9 Å². The highest BCUT2D eigenvalue weighted by atomic mass is 19.1. The van der Waals surface area contributed by atoms with Gasteiger partial charge in [-0.2, -0.15) is 4.98 Å². The predicted octanol–water partition coefficient (Wildman–Crippen LogP) is 2.34. The van der Waals surface area contributed by atoms with Gasteiger partial charge in [0.05, 0.1) is 35.7 Å². The minimum absolute atomic E-state index is 0.127. The predicted molar refractivity (Wildman–Crippen MR) is 143 cm³/mol. The molecule has 0 atom stereocenters. The lowest BCUT2D eigenvalue weighted by Crippen LogP contribution is -2.49. The highest BCUT2D eigenvalue weighted by Crippen LogP contribution is 2.35. The number of hydrogen-bond donors (Lipinski definition) is 2. The molecule has 11 nitrogen and oxygen atoms in total. The van der Waals surface area contributed by atoms with Crippen LogP contribution in [0.4, 0.5) is 4.39 Å². The molecular formula is C27H36FN7O4. The molecule has 2 N–H and O–H groups in total. The summed E-state index contributed by atoms with van der Waals surface area (Å²) in [5.74, 6) is -0.0671. The SMILES string of the molecule is CN(C)CCNC(=O)C1(C)COC(c2nc(-c3ccc(F)cc3)c(-c3ccnc(OCCN(C)C)n3)[nH]2)OC1. The Morgan fingerprint density at radius 3 is 2.46 bits per heavy atom. The van der Waals surface area contributed by atoms with Gasteiger partial charge in [0.25, 0.3) is 0 Å². The van der Waals surface area contributed by atoms with Gasteiger partial charge in [-0.25, -0.2) is 14.4 Å². The Balaban J connectivity index is 1.55. The summed E-state index contributed by atoms with van der Waals surface area (Å²) in [5, 5.41) is 2.94. The number of nitrogens with one attached hydrogen (secondary N) is 2. The van der Waals surface area contributed by atoms with Gasteiger partial charge in [-0.3, -0.25) is 4.79 Å². The molecule has 39 heavy (non-hydrogen) atoms. The van der Waals surface area contributed by atoms with Crippen molar-refractivity contribution < 1.29 is 23.4 Å². The number of ether oxygens (including phenoxy) is 3. The number of halogens is 1. The largest absolute Gasteiger partial charge is 0.462 e. The Morgan fingerprint density at radius 2 is 1.79 bits per heavy atom. The van der Waals surface area contributed by atoms with Crippen LogP contribution in [0.2, 0.25) is 0 Å². The molecular weight excluding hydrogens is 505 g/mol. The van der Waals surface area contributed by atoms with E-state index in [0.717, 1.165) is 6.54 Å². The van der Waals surface area contributed by atoms with Crippen LogP contribution in [-0.4, -0.2) is 103 Å². The second-order valence-electron chi connectivity index (χ2n) is 10.3. The summed E-state index contributed by atoms with van der Waals surface area (Å²) >= 11 is 0. The van der Waals surface area contributed by atoms with Crippen molar-refractivity contribution in [3.05, 3.63) is 48.2 Å². The highest BCUT2D eigenvalue weighted by molar-refractivity contribution is 5.82. The number of carbonyl (C=O) groups excluding carboxylic acids is 1. The molecule has 2 aromatic heterocycles. The van der Waals surface area contributed by atoms with Crippen LogP contribution in [0, 0.1) is 11.2 Å². The number of nitrogens with zero attached hydrogens (tertiary/aromatic N) is 5. The van der Waals surface area contributed by atoms with Gasteiger partial charge >= 0.3 is 6.01 Å². The minimum atomic E-state index is -0.830. The maximum absolute atomic E-state index is 13.7. The first-order chi connectivity index (χ1) is 18.6. The molecule has 0 radical (unpaired) electrons. The van der Waals surface area contributed by atoms with Crippen molar-refractivity contribution in [3.8, 4) is 28.7 Å². The third-order valence-electron chi connectivity index (χ3n) is 6.22. The molecule has 3 heterocycles. The van der Waals surface area contributed by atoms with Crippen LogP contribution >= 0.6 is 0 Å². The van der Waals surface area contributed by atoms with Gasteiger partial charge in [-0.05, 0) is 65.4 Å². The molecule has 1 saturated heterocycles. The van der Waals surface area contributed by atoms with Gasteiger partial charge in [0.2, 0.25) is 12.2 Å². The second kappa shape index (κ2) is 12.6. The topological polar surface area (TPSA) is 118 Å². The lowest BCUT2D eigenvalue weighted by molar-refractivity contribution is -0.231. The van der Waals surface area contributed by atoms with Crippen molar-refractivity contribution in [3.63, 3.8) is 0 Å². The van der Waals surface area contributed by atoms with Gasteiger partial charge in [0, 0.05) is 31.4 Å². The number of aromatic nitrogens is 4. The average Bonchev–Trinajstić information content (AvgIpc) is 3.35. The third-order valence-corrected chi connectivity index (χ3v) is 6.22. The minimum Gasteiger partial charge on any atom is -0.462 e. The number of H-pyrrole nitrogens is 1. The summed E-state index contributed by atoms with van der Waals surface area (Å²) in [4.78, 5) is 33.5. The van der Waals surface area contributed by atoms with Crippen molar-refractivity contribution in [2.45, 2.75) is 13.2 Å². The quantitative estimate of drug-likeness (QED) is 0.377. The van der Waals surface area contributed by atoms with Crippen molar-refractivity contribution in [1.29, 1.82) is 0 Å². The molecule has 0 bridgehead atoms. The Hall–Kier alpha value is -3.45. The van der Waals surface area contributed by atoms with Crippen molar-refractivity contribution in [2.24, 2.45) is 5.41 Å². The lowest BCUT2D eigenvalue weighted by atomic mass is 9.91. The molecule has 3 aromatic rings. The zero-order chi connectivity index (χ0) is 28.0. The molecule has 0 saturated carbocycles. The Morgan fingerprint density at radius 1 is 1.10 bits per heavy atom. The number of hydrogen-bond acceptors (Lipinski definition) is 9. The van der Waals surface area contributed by atoms with Crippen LogP contribution in [0.15, 0.2) is 36.5 Å². The summed E-state index contributed by atoms with van der Waals surface area (Å²) < 4.78 is 31.3. The van der Waals surface area contributed by atoms with Gasteiger partial charge in [0.1, 0.15) is 12.4 Å². The molecule has 210 valence electrons. The molecule has 12 heteroatoms. The molecule has 4 rings (SSSR count). The summed E-state index contributed by atoms with van der Waals surface area (Å²) in [7, 11) is 7.81. The fraction of sp³-hybridized carbons (Fsp3) is 0.481. The fourth-order valence-corrected chi connectivity index (χ4v) is 3.88. The highest BCUT2D eigenvalue weighted by Gasteiger charge is 2.40. The molecule has 0 unspecified atom stereocenters. The monoisotopic (exact) mass is 541 g/mol. The van der Waals surface area contributed by atoms with Crippen LogP contribution in [0.5, 0.6) is 6.01 Å². The molecule has 1 aliphatic heterocycles. The number of imidazole rings is 1. The van der Waals surface area contributed by atoms with E-state index < -0.39 is 11.7 Å². The van der Waals surface area contributed by atoms with Gasteiger partial charge < -0.3 is 34.3 Å². The van der Waals surface area contributed by atoms with Gasteiger partial charge in [-0.1, -0.05) is 0 Å². The maximum Gasteiger partial charge on any atom is 0.316 e. The van der Waals surface area contributed by atoms with E-state index in [1.165, 1.54) is 12.1 Å². The Kier molecular flexibility index (Phi) is 9.23. The summed E-state index contributed by atoms with van der Waals surface area (Å²) in [6, 6.07) is 8.00. The van der Waals surface area contributed by atoms with E-state index in [4.69, 9.17) is 19.2 Å². The Labute approximate surface area is 227 Å². The van der Waals surface area contributed by atoms with Crippen molar-refractivity contribution in [1.82, 2.24) is 35.1 Å². The number of amides is 1. The number of rotatable bonds is 11. The first kappa shape index (κ1) is 28.6. The number of benzene rings is 1. The van der Waals surface area contributed by atoms with E-state index in [0.29, 0.717) is 48.2 Å². The number of carbonyl (C=O) groups is 1. The first-order valence-corrected chi connectivity index (χ1v) is 12.8. The number of aromatic amines is 1. The second-order valence-corrected chi connectivity index (χ2v) is 10.3. The molecule has 1 aromatic carbocycles. The maximum atomic E-state index is 13.7. The van der Waals surface area contributed by atoms with E-state index in [1.54, 1.807) is 24.4 Å². The lowest BCUT2D eigenvalue weighted by Gasteiger charge is -2.35.